The van der Waals surface area contributed by atoms with Crippen LogP contribution < -0.4 is 0 Å². The molecule has 6 nitrogen and oxygen atoms in total. The summed E-state index contributed by atoms with van der Waals surface area (Å²) in [6.45, 7) is 6.47. The number of allylic oxidation sites excluding steroid dienone is 12. The number of esters is 3. The number of carbonyl (C=O) groups excluding carboxylic acids is 3. The lowest BCUT2D eigenvalue weighted by atomic mass is 10.1. The molecule has 0 amide bonds. The van der Waals surface area contributed by atoms with Crippen molar-refractivity contribution in [3.05, 3.63) is 72.9 Å². The van der Waals surface area contributed by atoms with Crippen molar-refractivity contribution < 1.29 is 28.6 Å². The molecule has 368 valence electrons. The zero-order chi connectivity index (χ0) is 46.5. The van der Waals surface area contributed by atoms with Crippen LogP contribution in [0.5, 0.6) is 0 Å². The minimum Gasteiger partial charge on any atom is -0.462 e. The molecule has 0 aliphatic carbocycles. The summed E-state index contributed by atoms with van der Waals surface area (Å²) in [7, 11) is 0. The second-order valence-corrected chi connectivity index (χ2v) is 17.7. The van der Waals surface area contributed by atoms with Gasteiger partial charge in [0.2, 0.25) is 0 Å². The van der Waals surface area contributed by atoms with E-state index in [0.717, 1.165) is 116 Å². The van der Waals surface area contributed by atoms with Crippen LogP contribution in [0.25, 0.3) is 0 Å². The van der Waals surface area contributed by atoms with Gasteiger partial charge in [0, 0.05) is 19.3 Å². The SMILES string of the molecule is CC/C=C\C/C=C\C/C=C\CCCCCCCCCC(=O)OCC(COC(=O)CCCCCCC/C=C\CCCCCC)OC(=O)CCCCCCC/C=C\C/C=C\CCCCCC. The van der Waals surface area contributed by atoms with E-state index in [1.165, 1.54) is 103 Å². The van der Waals surface area contributed by atoms with Crippen molar-refractivity contribution in [2.45, 2.75) is 264 Å². The van der Waals surface area contributed by atoms with Crippen LogP contribution in [-0.2, 0) is 28.6 Å². The van der Waals surface area contributed by atoms with Gasteiger partial charge in [0.1, 0.15) is 13.2 Å². The highest BCUT2D eigenvalue weighted by atomic mass is 16.6. The summed E-state index contributed by atoms with van der Waals surface area (Å²) in [5, 5.41) is 0. The third-order valence-corrected chi connectivity index (χ3v) is 11.4. The first-order valence-electron chi connectivity index (χ1n) is 26.9. The van der Waals surface area contributed by atoms with E-state index in [1.807, 2.05) is 0 Å². The molecular weight excluding hydrogens is 793 g/mol. The van der Waals surface area contributed by atoms with E-state index < -0.39 is 6.10 Å². The van der Waals surface area contributed by atoms with Crippen LogP contribution in [0, 0.1) is 0 Å². The van der Waals surface area contributed by atoms with Gasteiger partial charge in [0.15, 0.2) is 6.10 Å². The molecule has 0 saturated heterocycles. The molecule has 0 fully saturated rings. The van der Waals surface area contributed by atoms with Crippen molar-refractivity contribution in [3.63, 3.8) is 0 Å². The lowest BCUT2D eigenvalue weighted by Crippen LogP contribution is -2.30. The Labute approximate surface area is 395 Å². The second-order valence-electron chi connectivity index (χ2n) is 17.7. The maximum atomic E-state index is 12.8. The van der Waals surface area contributed by atoms with Crippen LogP contribution >= 0.6 is 0 Å². The third-order valence-electron chi connectivity index (χ3n) is 11.4. The number of hydrogen-bond acceptors (Lipinski definition) is 6. The molecule has 6 heteroatoms. The van der Waals surface area contributed by atoms with Gasteiger partial charge in [0.05, 0.1) is 0 Å². The Balaban J connectivity index is 4.43. The highest BCUT2D eigenvalue weighted by Gasteiger charge is 2.19. The number of unbranched alkanes of at least 4 members (excludes halogenated alkanes) is 25. The molecule has 0 spiro atoms. The summed E-state index contributed by atoms with van der Waals surface area (Å²) < 4.78 is 16.8. The minimum atomic E-state index is -0.790. The van der Waals surface area contributed by atoms with Crippen molar-refractivity contribution in [2.75, 3.05) is 13.2 Å². The third kappa shape index (κ3) is 49.9. The fraction of sp³-hybridized carbons (Fsp3) is 0.741. The zero-order valence-corrected chi connectivity index (χ0v) is 42.0. The fourth-order valence-electron chi connectivity index (χ4n) is 7.36. The maximum Gasteiger partial charge on any atom is 0.306 e. The predicted octanol–water partition coefficient (Wildman–Crippen LogP) is 17.8. The highest BCUT2D eigenvalue weighted by molar-refractivity contribution is 5.71. The molecule has 0 aliphatic rings. The molecule has 0 aliphatic heterocycles. The van der Waals surface area contributed by atoms with Gasteiger partial charge < -0.3 is 14.2 Å². The minimum absolute atomic E-state index is 0.0886. The number of hydrogen-bond donors (Lipinski definition) is 0. The Bertz CT molecular complexity index is 1210. The lowest BCUT2D eigenvalue weighted by Gasteiger charge is -2.18. The summed E-state index contributed by atoms with van der Waals surface area (Å²) in [5.41, 5.74) is 0. The Morgan fingerprint density at radius 2 is 0.609 bits per heavy atom. The topological polar surface area (TPSA) is 78.9 Å². The van der Waals surface area contributed by atoms with Crippen molar-refractivity contribution >= 4 is 17.9 Å². The van der Waals surface area contributed by atoms with Crippen LogP contribution in [0.3, 0.4) is 0 Å². The highest BCUT2D eigenvalue weighted by Crippen LogP contribution is 2.14. The van der Waals surface area contributed by atoms with E-state index in [9.17, 15) is 14.4 Å². The molecule has 0 aromatic rings. The zero-order valence-electron chi connectivity index (χ0n) is 42.0. The van der Waals surface area contributed by atoms with Gasteiger partial charge in [-0.1, -0.05) is 203 Å². The smallest absolute Gasteiger partial charge is 0.306 e. The van der Waals surface area contributed by atoms with Crippen LogP contribution in [0.15, 0.2) is 72.9 Å². The molecule has 0 radical (unpaired) electrons. The van der Waals surface area contributed by atoms with E-state index in [1.54, 1.807) is 0 Å². The maximum absolute atomic E-state index is 12.8. The summed E-state index contributed by atoms with van der Waals surface area (Å²) >= 11 is 0. The first kappa shape index (κ1) is 60.9. The molecule has 1 unspecified atom stereocenters. The first-order valence-corrected chi connectivity index (χ1v) is 26.9. The van der Waals surface area contributed by atoms with Crippen molar-refractivity contribution in [3.8, 4) is 0 Å². The van der Waals surface area contributed by atoms with Crippen molar-refractivity contribution in [1.29, 1.82) is 0 Å². The molecule has 0 bridgehead atoms. The summed E-state index contributed by atoms with van der Waals surface area (Å²) in [6, 6.07) is 0. The van der Waals surface area contributed by atoms with Gasteiger partial charge in [-0.3, -0.25) is 14.4 Å². The van der Waals surface area contributed by atoms with E-state index in [2.05, 4.69) is 93.7 Å². The van der Waals surface area contributed by atoms with Gasteiger partial charge in [0.25, 0.3) is 0 Å². The Morgan fingerprint density at radius 1 is 0.328 bits per heavy atom. The number of rotatable bonds is 48. The summed E-state index contributed by atoms with van der Waals surface area (Å²) in [4.78, 5) is 38.0. The Kier molecular flexibility index (Phi) is 49.9. The monoisotopic (exact) mass is 893 g/mol. The largest absolute Gasteiger partial charge is 0.462 e. The average molecular weight is 893 g/mol. The van der Waals surface area contributed by atoms with Crippen LogP contribution in [-0.4, -0.2) is 37.2 Å². The molecule has 1 atom stereocenters. The number of ether oxygens (including phenoxy) is 3. The standard InChI is InChI=1S/C58H100O6/c1-4-7-10-13-16-19-22-25-27-29-31-33-36-39-42-45-48-51-57(60)63-54-55(53-62-56(59)50-47-44-41-38-35-32-24-21-18-15-12-9-6-3)64-58(61)52-49-46-43-40-37-34-30-28-26-23-20-17-14-11-8-5-2/h7,10,16,19-21,23-25,27-28,30,55H,4-6,8-9,11-15,17-18,22,26,29,31-54H2,1-3H3/b10-7-,19-16-,23-20-,24-21-,27-25-,30-28-. The fourth-order valence-corrected chi connectivity index (χ4v) is 7.36. The molecular formula is C58H100O6. The van der Waals surface area contributed by atoms with Gasteiger partial charge in [-0.25, -0.2) is 0 Å². The van der Waals surface area contributed by atoms with Crippen molar-refractivity contribution in [2.24, 2.45) is 0 Å². The van der Waals surface area contributed by atoms with Crippen LogP contribution in [0.4, 0.5) is 0 Å². The van der Waals surface area contributed by atoms with E-state index in [0.29, 0.717) is 19.3 Å². The molecule has 0 saturated carbocycles. The molecule has 64 heavy (non-hydrogen) atoms. The van der Waals surface area contributed by atoms with Gasteiger partial charge in [-0.2, -0.15) is 0 Å². The molecule has 0 N–H and O–H groups in total. The van der Waals surface area contributed by atoms with Gasteiger partial charge in [-0.15, -0.1) is 0 Å². The van der Waals surface area contributed by atoms with Gasteiger partial charge in [-0.05, 0) is 109 Å². The normalized spacial score (nSPS) is 12.6. The molecule has 0 aromatic carbocycles. The molecule has 0 rings (SSSR count). The Hall–Kier alpha value is -3.15. The van der Waals surface area contributed by atoms with Crippen LogP contribution in [0.2, 0.25) is 0 Å². The average Bonchev–Trinajstić information content (AvgIpc) is 3.29. The van der Waals surface area contributed by atoms with Gasteiger partial charge >= 0.3 is 17.9 Å². The quantitative estimate of drug-likeness (QED) is 0.0262. The number of carbonyl (C=O) groups is 3. The summed E-state index contributed by atoms with van der Waals surface area (Å²) in [6.07, 6.45) is 65.9. The Morgan fingerprint density at radius 3 is 0.969 bits per heavy atom. The predicted molar refractivity (Wildman–Crippen MR) is 274 cm³/mol. The van der Waals surface area contributed by atoms with E-state index >= 15 is 0 Å². The summed E-state index contributed by atoms with van der Waals surface area (Å²) in [5.74, 6) is -0.917. The first-order chi connectivity index (χ1) is 31.5. The van der Waals surface area contributed by atoms with E-state index in [-0.39, 0.29) is 31.1 Å². The second kappa shape index (κ2) is 52.5. The molecule has 0 heterocycles. The molecule has 0 aromatic heterocycles. The van der Waals surface area contributed by atoms with Crippen molar-refractivity contribution in [1.82, 2.24) is 0 Å². The lowest BCUT2D eigenvalue weighted by molar-refractivity contribution is -0.167. The van der Waals surface area contributed by atoms with E-state index in [4.69, 9.17) is 14.2 Å². The van der Waals surface area contributed by atoms with Crippen LogP contribution in [0.1, 0.15) is 258 Å².